The predicted molar refractivity (Wildman–Crippen MR) is 136 cm³/mol. The molecule has 2 aromatic heterocycles. The number of ether oxygens (including phenoxy) is 1. The molecule has 0 amide bonds. The first-order valence-corrected chi connectivity index (χ1v) is 12.2. The number of esters is 1. The van der Waals surface area contributed by atoms with Crippen LogP contribution >= 0.6 is 11.6 Å². The second-order valence-corrected chi connectivity index (χ2v) is 12.5. The largest absolute Gasteiger partial charge is 0.512 e. The summed E-state index contributed by atoms with van der Waals surface area (Å²) in [6.07, 6.45) is 1.64. The Morgan fingerprint density at radius 3 is 2.09 bits per heavy atom. The molecule has 1 fully saturated rings. The Bertz CT molecular complexity index is 1210. The molecule has 2 heterocycles. The molecule has 7 nitrogen and oxygen atoms in total. The van der Waals surface area contributed by atoms with Crippen molar-refractivity contribution >= 4 is 34.8 Å². The molecule has 2 aromatic rings. The van der Waals surface area contributed by atoms with Gasteiger partial charge in [-0.2, -0.15) is 0 Å². The molecule has 1 saturated carbocycles. The summed E-state index contributed by atoms with van der Waals surface area (Å²) in [6.45, 7) is 18.4. The van der Waals surface area contributed by atoms with E-state index in [1.165, 1.54) is 6.92 Å². The average molecular weight is 492 g/mol. The van der Waals surface area contributed by atoms with Gasteiger partial charge in [-0.15, -0.1) is 0 Å². The van der Waals surface area contributed by atoms with Crippen LogP contribution in [0, 0.1) is 35.5 Å². The minimum absolute atomic E-state index is 0.0452. The summed E-state index contributed by atoms with van der Waals surface area (Å²) in [5.41, 5.74) is 5.80. The minimum Gasteiger partial charge on any atom is -0.512 e. The van der Waals surface area contributed by atoms with Gasteiger partial charge >= 0.3 is 5.97 Å². The van der Waals surface area contributed by atoms with E-state index in [-0.39, 0.29) is 61.9 Å². The number of nitrogens with two attached hydrogens (primary N) is 1. The van der Waals surface area contributed by atoms with Crippen LogP contribution in [0.15, 0.2) is 4.79 Å². The van der Waals surface area contributed by atoms with Crippen molar-refractivity contribution in [3.8, 4) is 0 Å². The number of halogens is 1. The van der Waals surface area contributed by atoms with Gasteiger partial charge in [0.15, 0.2) is 5.65 Å². The average Bonchev–Trinajstić information content (AvgIpc) is 2.91. The lowest BCUT2D eigenvalue weighted by Gasteiger charge is -2.50. The lowest BCUT2D eigenvalue weighted by molar-refractivity contribution is -0.0922. The van der Waals surface area contributed by atoms with E-state index >= 15 is 0 Å². The minimum atomic E-state index is -0.624. The molecule has 3 rings (SSSR count). The van der Waals surface area contributed by atoms with Crippen molar-refractivity contribution in [3.63, 3.8) is 0 Å². The van der Waals surface area contributed by atoms with Crippen molar-refractivity contribution in [1.29, 1.82) is 0 Å². The molecule has 2 unspecified atom stereocenters. The molecule has 34 heavy (non-hydrogen) atoms. The maximum absolute atomic E-state index is 13.7. The summed E-state index contributed by atoms with van der Waals surface area (Å²) in [5.74, 6) is -0.126. The summed E-state index contributed by atoms with van der Waals surface area (Å²) in [6, 6.07) is 0. The highest BCUT2D eigenvalue weighted by Gasteiger charge is 2.48. The van der Waals surface area contributed by atoms with E-state index in [9.17, 15) is 14.7 Å². The zero-order chi connectivity index (χ0) is 25.9. The molecule has 0 radical (unpaired) electrons. The van der Waals surface area contributed by atoms with E-state index in [0.29, 0.717) is 11.5 Å². The molecule has 0 aromatic carbocycles. The standard InChI is InChI=1S/C26H38ClN3O4/c1-12-10-15(25(4,5)6)19(16(11-12)26(7,8)9)34-24(33)17-13(2)20(27)30-22(17)29-21(28)18(14(3)31)23(30)32/h12,15-16,19,31H,10-11H2,1-9H3,(H2,28,29)/b18-14+. The third-order valence-electron chi connectivity index (χ3n) is 7.36. The van der Waals surface area contributed by atoms with Crippen molar-refractivity contribution in [1.82, 2.24) is 9.38 Å². The first kappa shape index (κ1) is 26.3. The highest BCUT2D eigenvalue weighted by Crippen LogP contribution is 2.50. The molecule has 0 saturated heterocycles. The molecule has 2 atom stereocenters. The SMILES string of the molecule is C/C(O)=c1/c(N)nc2c(C(=O)OC3C(C(C)(C)C)CC(C)CC3C(C)(C)C)c(C)c(Cl)n2c1=O. The molecule has 188 valence electrons. The van der Waals surface area contributed by atoms with Crippen molar-refractivity contribution in [3.05, 3.63) is 31.9 Å². The lowest BCUT2D eigenvalue weighted by Crippen LogP contribution is -2.49. The zero-order valence-corrected chi connectivity index (χ0v) is 22.5. The van der Waals surface area contributed by atoms with Gasteiger partial charge in [0.1, 0.15) is 33.6 Å². The third kappa shape index (κ3) is 4.51. The number of rotatable bonds is 2. The van der Waals surface area contributed by atoms with Gasteiger partial charge in [0.2, 0.25) is 0 Å². The van der Waals surface area contributed by atoms with Crippen molar-refractivity contribution in [2.45, 2.75) is 81.3 Å². The van der Waals surface area contributed by atoms with Gasteiger partial charge in [0.25, 0.3) is 5.56 Å². The predicted octanol–water partition coefficient (Wildman–Crippen LogP) is 4.92. The molecule has 0 aliphatic heterocycles. The Morgan fingerprint density at radius 1 is 1.15 bits per heavy atom. The second kappa shape index (κ2) is 8.74. The van der Waals surface area contributed by atoms with E-state index in [1.807, 2.05) is 0 Å². The number of hydrogen-bond donors (Lipinski definition) is 2. The van der Waals surface area contributed by atoms with E-state index in [4.69, 9.17) is 22.1 Å². The van der Waals surface area contributed by atoms with Gasteiger partial charge in [0, 0.05) is 17.4 Å². The van der Waals surface area contributed by atoms with Gasteiger partial charge in [-0.3, -0.25) is 4.79 Å². The fourth-order valence-electron chi connectivity index (χ4n) is 5.46. The van der Waals surface area contributed by atoms with Gasteiger partial charge in [-0.05, 0) is 43.4 Å². The fourth-order valence-corrected chi connectivity index (χ4v) is 5.71. The Balaban J connectivity index is 2.17. The number of nitrogen functional groups attached to an aromatic ring is 1. The molecule has 0 spiro atoms. The number of anilines is 1. The Hall–Kier alpha value is -2.28. The first-order valence-electron chi connectivity index (χ1n) is 11.9. The van der Waals surface area contributed by atoms with Crippen molar-refractivity contribution < 1.29 is 14.6 Å². The molecule has 1 aliphatic carbocycles. The zero-order valence-electron chi connectivity index (χ0n) is 21.7. The van der Waals surface area contributed by atoms with Gasteiger partial charge < -0.3 is 15.6 Å². The summed E-state index contributed by atoms with van der Waals surface area (Å²) < 4.78 is 7.43. The topological polar surface area (TPSA) is 107 Å². The van der Waals surface area contributed by atoms with E-state index in [2.05, 4.69) is 53.5 Å². The summed E-state index contributed by atoms with van der Waals surface area (Å²) in [4.78, 5) is 31.0. The second-order valence-electron chi connectivity index (χ2n) is 12.1. The van der Waals surface area contributed by atoms with Gasteiger partial charge in [-0.1, -0.05) is 60.1 Å². The third-order valence-corrected chi connectivity index (χ3v) is 7.81. The smallest absolute Gasteiger partial charge is 0.342 e. The first-order chi connectivity index (χ1) is 15.5. The Morgan fingerprint density at radius 2 is 1.65 bits per heavy atom. The van der Waals surface area contributed by atoms with Gasteiger partial charge in [-0.25, -0.2) is 14.2 Å². The highest BCUT2D eigenvalue weighted by atomic mass is 35.5. The molecular weight excluding hydrogens is 454 g/mol. The molecule has 1 aliphatic rings. The normalized spacial score (nSPS) is 24.9. The number of nitrogens with zero attached hydrogens (tertiary/aromatic N) is 2. The van der Waals surface area contributed by atoms with Crippen LogP contribution in [0.4, 0.5) is 5.82 Å². The lowest BCUT2D eigenvalue weighted by atomic mass is 9.59. The number of hydrogen-bond acceptors (Lipinski definition) is 6. The van der Waals surface area contributed by atoms with Crippen LogP contribution in [0.5, 0.6) is 0 Å². The Labute approximate surface area is 206 Å². The maximum Gasteiger partial charge on any atom is 0.342 e. The molecule has 0 bridgehead atoms. The van der Waals surface area contributed by atoms with Crippen LogP contribution in [0.1, 0.15) is 84.2 Å². The number of fused-ring (bicyclic) bond motifs is 1. The summed E-state index contributed by atoms with van der Waals surface area (Å²) in [7, 11) is 0. The van der Waals surface area contributed by atoms with E-state index < -0.39 is 11.5 Å². The van der Waals surface area contributed by atoms with Crippen LogP contribution < -0.4 is 16.5 Å². The quantitative estimate of drug-likeness (QED) is 0.577. The van der Waals surface area contributed by atoms with Crippen LogP contribution in [0.3, 0.4) is 0 Å². The van der Waals surface area contributed by atoms with Crippen LogP contribution in [-0.2, 0) is 4.74 Å². The molecular formula is C26H38ClN3O4. The number of carbonyl (C=O) groups is 1. The van der Waals surface area contributed by atoms with E-state index in [0.717, 1.165) is 17.2 Å². The van der Waals surface area contributed by atoms with E-state index in [1.54, 1.807) is 6.92 Å². The number of aliphatic hydroxyl groups is 1. The Kier molecular flexibility index (Phi) is 6.77. The number of aliphatic hydroxyl groups excluding tert-OH is 1. The van der Waals surface area contributed by atoms with Crippen molar-refractivity contribution in [2.75, 3.05) is 5.73 Å². The van der Waals surface area contributed by atoms with Crippen LogP contribution in [0.2, 0.25) is 5.15 Å². The molecule has 8 heteroatoms. The summed E-state index contributed by atoms with van der Waals surface area (Å²) >= 11 is 6.47. The van der Waals surface area contributed by atoms with Crippen molar-refractivity contribution in [2.24, 2.45) is 28.6 Å². The monoisotopic (exact) mass is 491 g/mol. The molecule has 3 N–H and O–H groups in total. The number of carbonyl (C=O) groups excluding carboxylic acids is 1. The highest BCUT2D eigenvalue weighted by molar-refractivity contribution is 6.31. The van der Waals surface area contributed by atoms with Gasteiger partial charge in [0.05, 0.1) is 0 Å². The summed E-state index contributed by atoms with van der Waals surface area (Å²) in [5, 5.41) is 9.84. The van der Waals surface area contributed by atoms with Crippen LogP contribution in [0.25, 0.3) is 11.4 Å². The van der Waals surface area contributed by atoms with Crippen LogP contribution in [-0.4, -0.2) is 26.6 Å². The number of aromatic nitrogens is 2. The fraction of sp³-hybridized carbons (Fsp3) is 0.654. The maximum atomic E-state index is 13.7.